The Balaban J connectivity index is 1.75. The van der Waals surface area contributed by atoms with Crippen molar-refractivity contribution in [1.82, 2.24) is 4.90 Å². The van der Waals surface area contributed by atoms with E-state index in [-0.39, 0.29) is 0 Å². The summed E-state index contributed by atoms with van der Waals surface area (Å²) in [6.07, 6.45) is 11.5. The van der Waals surface area contributed by atoms with Crippen molar-refractivity contribution in [3.63, 3.8) is 0 Å². The third-order valence-corrected chi connectivity index (χ3v) is 5.13. The Morgan fingerprint density at radius 1 is 1.16 bits per heavy atom. The lowest BCUT2D eigenvalue weighted by atomic mass is 9.79. The number of amides is 1. The molecule has 1 aliphatic carbocycles. The van der Waals surface area contributed by atoms with E-state index in [2.05, 4.69) is 18.7 Å². The van der Waals surface area contributed by atoms with Crippen LogP contribution < -0.4 is 0 Å². The van der Waals surface area contributed by atoms with E-state index in [1.54, 1.807) is 0 Å². The zero-order valence-electron chi connectivity index (χ0n) is 12.9. The minimum Gasteiger partial charge on any atom is -0.342 e. The zero-order valence-corrected chi connectivity index (χ0v) is 12.9. The van der Waals surface area contributed by atoms with Crippen LogP contribution in [0.15, 0.2) is 0 Å². The van der Waals surface area contributed by atoms with E-state index in [0.29, 0.717) is 17.7 Å². The monoisotopic (exact) mass is 265 g/mol. The molecule has 0 spiro atoms. The molecule has 1 saturated carbocycles. The molecule has 1 heterocycles. The minimum atomic E-state index is 0.350. The quantitative estimate of drug-likeness (QED) is 0.744. The van der Waals surface area contributed by atoms with E-state index in [4.69, 9.17) is 0 Å². The molecular weight excluding hydrogens is 234 g/mol. The number of carbonyl (C=O) groups is 1. The smallest absolute Gasteiger partial charge is 0.225 e. The van der Waals surface area contributed by atoms with Crippen LogP contribution in [0.25, 0.3) is 0 Å². The molecule has 2 rings (SSSR count). The highest BCUT2D eigenvalue weighted by Crippen LogP contribution is 2.33. The van der Waals surface area contributed by atoms with Crippen LogP contribution in [0.5, 0.6) is 0 Å². The Morgan fingerprint density at radius 2 is 1.89 bits per heavy atom. The van der Waals surface area contributed by atoms with Crippen LogP contribution in [0.2, 0.25) is 0 Å². The van der Waals surface area contributed by atoms with Gasteiger partial charge in [-0.3, -0.25) is 4.79 Å². The van der Waals surface area contributed by atoms with Crippen molar-refractivity contribution < 1.29 is 4.79 Å². The van der Waals surface area contributed by atoms with Gasteiger partial charge in [0.2, 0.25) is 5.91 Å². The van der Waals surface area contributed by atoms with Crippen LogP contribution in [0.4, 0.5) is 0 Å². The van der Waals surface area contributed by atoms with Gasteiger partial charge in [-0.1, -0.05) is 33.1 Å². The molecular formula is C17H31NO. The number of likely N-dealkylation sites (tertiary alicyclic amines) is 1. The number of nitrogens with zero attached hydrogens (tertiary/aromatic N) is 1. The molecule has 2 fully saturated rings. The lowest BCUT2D eigenvalue weighted by molar-refractivity contribution is -0.138. The van der Waals surface area contributed by atoms with Gasteiger partial charge in [-0.25, -0.2) is 0 Å². The van der Waals surface area contributed by atoms with Crippen molar-refractivity contribution in [2.45, 2.75) is 71.6 Å². The van der Waals surface area contributed by atoms with Crippen molar-refractivity contribution in [3.05, 3.63) is 0 Å². The summed E-state index contributed by atoms with van der Waals surface area (Å²) < 4.78 is 0. The van der Waals surface area contributed by atoms with Gasteiger partial charge in [-0.15, -0.1) is 0 Å². The van der Waals surface area contributed by atoms with Gasteiger partial charge < -0.3 is 4.90 Å². The first-order valence-electron chi connectivity index (χ1n) is 8.49. The summed E-state index contributed by atoms with van der Waals surface area (Å²) in [7, 11) is 0. The summed E-state index contributed by atoms with van der Waals surface area (Å²) in [4.78, 5) is 14.7. The van der Waals surface area contributed by atoms with Crippen molar-refractivity contribution >= 4 is 5.91 Å². The van der Waals surface area contributed by atoms with E-state index < -0.39 is 0 Å². The van der Waals surface area contributed by atoms with Gasteiger partial charge in [0.15, 0.2) is 0 Å². The zero-order chi connectivity index (χ0) is 13.7. The normalized spacial score (nSPS) is 32.3. The van der Waals surface area contributed by atoms with E-state index >= 15 is 0 Å². The number of unbranched alkanes of at least 4 members (excludes halogenated alkanes) is 1. The second-order valence-corrected chi connectivity index (χ2v) is 6.89. The fraction of sp³-hybridized carbons (Fsp3) is 0.941. The van der Waals surface area contributed by atoms with Crippen molar-refractivity contribution in [2.24, 2.45) is 17.8 Å². The molecule has 2 aliphatic rings. The molecule has 0 bridgehead atoms. The molecule has 19 heavy (non-hydrogen) atoms. The second-order valence-electron chi connectivity index (χ2n) is 6.89. The molecule has 0 aromatic carbocycles. The number of hydrogen-bond donors (Lipinski definition) is 0. The maximum Gasteiger partial charge on any atom is 0.225 e. The molecule has 0 radical (unpaired) electrons. The van der Waals surface area contributed by atoms with Gasteiger partial charge in [0.05, 0.1) is 0 Å². The van der Waals surface area contributed by atoms with Crippen LogP contribution in [0.3, 0.4) is 0 Å². The molecule has 110 valence electrons. The molecule has 1 aliphatic heterocycles. The Labute approximate surface area is 118 Å². The van der Waals surface area contributed by atoms with Crippen LogP contribution in [0.1, 0.15) is 71.6 Å². The predicted octanol–water partition coefficient (Wildman–Crippen LogP) is 4.24. The van der Waals surface area contributed by atoms with Gasteiger partial charge in [0.1, 0.15) is 0 Å². The minimum absolute atomic E-state index is 0.350. The SMILES string of the molecule is CCCCC1CCC(C(=O)N2CCCC(C)C2)CC1. The third-order valence-electron chi connectivity index (χ3n) is 5.13. The maximum absolute atomic E-state index is 12.5. The fourth-order valence-electron chi connectivity index (χ4n) is 3.84. The van der Waals surface area contributed by atoms with Gasteiger partial charge >= 0.3 is 0 Å². The third kappa shape index (κ3) is 4.22. The van der Waals surface area contributed by atoms with Crippen molar-refractivity contribution in [1.29, 1.82) is 0 Å². The number of carbonyl (C=O) groups excluding carboxylic acids is 1. The van der Waals surface area contributed by atoms with Gasteiger partial charge in [0.25, 0.3) is 0 Å². The van der Waals surface area contributed by atoms with Gasteiger partial charge in [0, 0.05) is 19.0 Å². The predicted molar refractivity (Wildman–Crippen MR) is 80.0 cm³/mol. The first-order valence-corrected chi connectivity index (χ1v) is 8.49. The average Bonchev–Trinajstić information content (AvgIpc) is 2.45. The van der Waals surface area contributed by atoms with Crippen molar-refractivity contribution in [2.75, 3.05) is 13.1 Å². The van der Waals surface area contributed by atoms with E-state index in [1.807, 2.05) is 0 Å². The lowest BCUT2D eigenvalue weighted by Crippen LogP contribution is -2.43. The van der Waals surface area contributed by atoms with Gasteiger partial charge in [-0.2, -0.15) is 0 Å². The molecule has 1 amide bonds. The maximum atomic E-state index is 12.5. The molecule has 0 N–H and O–H groups in total. The standard InChI is InChI=1S/C17H31NO/c1-3-4-7-15-8-10-16(11-9-15)17(19)18-12-5-6-14(2)13-18/h14-16H,3-13H2,1-2H3. The highest BCUT2D eigenvalue weighted by atomic mass is 16.2. The van der Waals surface area contributed by atoms with Crippen LogP contribution in [-0.4, -0.2) is 23.9 Å². The molecule has 2 heteroatoms. The summed E-state index contributed by atoms with van der Waals surface area (Å²) in [5.74, 6) is 2.44. The Morgan fingerprint density at radius 3 is 2.53 bits per heavy atom. The van der Waals surface area contributed by atoms with Crippen LogP contribution in [0, 0.1) is 17.8 Å². The molecule has 0 aromatic rings. The summed E-state index contributed by atoms with van der Waals surface area (Å²) in [6.45, 7) is 6.57. The highest BCUT2D eigenvalue weighted by molar-refractivity contribution is 5.79. The first-order chi connectivity index (χ1) is 9.20. The molecule has 1 unspecified atom stereocenters. The Bertz CT molecular complexity index is 281. The Kier molecular flexibility index (Phi) is 5.72. The second kappa shape index (κ2) is 7.31. The number of hydrogen-bond acceptors (Lipinski definition) is 1. The molecule has 1 saturated heterocycles. The number of rotatable bonds is 4. The lowest BCUT2D eigenvalue weighted by Gasteiger charge is -2.36. The van der Waals surface area contributed by atoms with Crippen LogP contribution in [-0.2, 0) is 4.79 Å². The molecule has 2 nitrogen and oxygen atoms in total. The first kappa shape index (κ1) is 14.9. The fourth-order valence-corrected chi connectivity index (χ4v) is 3.84. The van der Waals surface area contributed by atoms with E-state index in [1.165, 1.54) is 44.9 Å². The van der Waals surface area contributed by atoms with Gasteiger partial charge in [-0.05, 0) is 50.4 Å². The average molecular weight is 265 g/mol. The Hall–Kier alpha value is -0.530. The number of piperidine rings is 1. The topological polar surface area (TPSA) is 20.3 Å². The summed E-state index contributed by atoms with van der Waals surface area (Å²) in [6, 6.07) is 0. The van der Waals surface area contributed by atoms with E-state index in [0.717, 1.165) is 31.8 Å². The summed E-state index contributed by atoms with van der Waals surface area (Å²) in [5, 5.41) is 0. The largest absolute Gasteiger partial charge is 0.342 e. The van der Waals surface area contributed by atoms with Crippen LogP contribution >= 0.6 is 0 Å². The molecule has 1 atom stereocenters. The highest BCUT2D eigenvalue weighted by Gasteiger charge is 2.30. The van der Waals surface area contributed by atoms with Crippen molar-refractivity contribution in [3.8, 4) is 0 Å². The summed E-state index contributed by atoms with van der Waals surface area (Å²) >= 11 is 0. The summed E-state index contributed by atoms with van der Waals surface area (Å²) in [5.41, 5.74) is 0. The molecule has 0 aromatic heterocycles. The van der Waals surface area contributed by atoms with E-state index in [9.17, 15) is 4.79 Å².